The molecule has 0 spiro atoms. The second-order valence-electron chi connectivity index (χ2n) is 5.98. The Bertz CT molecular complexity index is 696. The molecule has 5 heteroatoms. The number of aromatic nitrogens is 2. The monoisotopic (exact) mass is 307 g/mol. The molecule has 0 atom stereocenters. The maximum Gasteiger partial charge on any atom is 0.136 e. The van der Waals surface area contributed by atoms with Crippen LogP contribution in [-0.4, -0.2) is 16.0 Å². The van der Waals surface area contributed by atoms with E-state index >= 15 is 0 Å². The molecule has 0 radical (unpaired) electrons. The lowest BCUT2D eigenvalue weighted by molar-refractivity contribution is 0.462. The van der Waals surface area contributed by atoms with Crippen LogP contribution in [0.3, 0.4) is 0 Å². The highest BCUT2D eigenvalue weighted by Gasteiger charge is 2.14. The predicted molar refractivity (Wildman–Crippen MR) is 91.7 cm³/mol. The zero-order valence-corrected chi connectivity index (χ0v) is 13.3. The number of nitrogens with zero attached hydrogens (tertiary/aromatic N) is 3. The Kier molecular flexibility index (Phi) is 4.72. The van der Waals surface area contributed by atoms with Gasteiger partial charge in [0.2, 0.25) is 0 Å². The minimum Gasteiger partial charge on any atom is -0.367 e. The van der Waals surface area contributed by atoms with E-state index in [1.165, 1.54) is 32.1 Å². The molecule has 1 aromatic carbocycles. The van der Waals surface area contributed by atoms with Crippen molar-refractivity contribution in [1.29, 1.82) is 5.26 Å². The summed E-state index contributed by atoms with van der Waals surface area (Å²) >= 11 is 0. The van der Waals surface area contributed by atoms with Crippen molar-refractivity contribution in [3.8, 4) is 6.07 Å². The minimum absolute atomic E-state index is 0.515. The van der Waals surface area contributed by atoms with E-state index < -0.39 is 0 Å². The van der Waals surface area contributed by atoms with E-state index in [0.29, 0.717) is 11.6 Å². The molecule has 0 amide bonds. The molecule has 1 aromatic heterocycles. The van der Waals surface area contributed by atoms with Gasteiger partial charge in [-0.2, -0.15) is 5.26 Å². The van der Waals surface area contributed by atoms with Crippen molar-refractivity contribution in [2.24, 2.45) is 0 Å². The molecule has 1 saturated carbocycles. The SMILES string of the molecule is Cc1nc(Nc2ccc(C#N)cc2)cc(NC2CCCCC2)n1. The van der Waals surface area contributed by atoms with Crippen molar-refractivity contribution in [1.82, 2.24) is 9.97 Å². The lowest BCUT2D eigenvalue weighted by Crippen LogP contribution is -2.23. The van der Waals surface area contributed by atoms with Crippen LogP contribution in [0.15, 0.2) is 30.3 Å². The Hall–Kier alpha value is -2.61. The molecular formula is C18H21N5. The number of rotatable bonds is 4. The highest BCUT2D eigenvalue weighted by molar-refractivity contribution is 5.60. The number of anilines is 3. The first kappa shape index (κ1) is 15.3. The van der Waals surface area contributed by atoms with Gasteiger partial charge in [0.15, 0.2) is 0 Å². The van der Waals surface area contributed by atoms with Crippen LogP contribution < -0.4 is 10.6 Å². The van der Waals surface area contributed by atoms with Crippen LogP contribution in [0.1, 0.15) is 43.5 Å². The highest BCUT2D eigenvalue weighted by atomic mass is 15.1. The van der Waals surface area contributed by atoms with Gasteiger partial charge in [-0.3, -0.25) is 0 Å². The van der Waals surface area contributed by atoms with Crippen LogP contribution in [0.25, 0.3) is 0 Å². The zero-order chi connectivity index (χ0) is 16.1. The topological polar surface area (TPSA) is 73.6 Å². The van der Waals surface area contributed by atoms with Gasteiger partial charge in [-0.15, -0.1) is 0 Å². The van der Waals surface area contributed by atoms with E-state index in [2.05, 4.69) is 26.7 Å². The zero-order valence-electron chi connectivity index (χ0n) is 13.3. The first-order chi connectivity index (χ1) is 11.2. The minimum atomic E-state index is 0.515. The molecular weight excluding hydrogens is 286 g/mol. The Morgan fingerprint density at radius 3 is 2.43 bits per heavy atom. The molecule has 1 heterocycles. The van der Waals surface area contributed by atoms with Crippen LogP contribution in [0.4, 0.5) is 17.3 Å². The summed E-state index contributed by atoms with van der Waals surface area (Å²) in [7, 11) is 0. The van der Waals surface area contributed by atoms with E-state index in [9.17, 15) is 0 Å². The van der Waals surface area contributed by atoms with Gasteiger partial charge in [0.05, 0.1) is 11.6 Å². The first-order valence-corrected chi connectivity index (χ1v) is 8.12. The molecule has 118 valence electrons. The molecule has 0 aliphatic heterocycles. The fourth-order valence-corrected chi connectivity index (χ4v) is 2.94. The Morgan fingerprint density at radius 1 is 1.04 bits per heavy atom. The van der Waals surface area contributed by atoms with Crippen molar-refractivity contribution < 1.29 is 0 Å². The summed E-state index contributed by atoms with van der Waals surface area (Å²) in [6, 6.07) is 11.9. The summed E-state index contributed by atoms with van der Waals surface area (Å²) in [5, 5.41) is 15.7. The molecule has 2 aromatic rings. The number of aryl methyl sites for hydroxylation is 1. The van der Waals surface area contributed by atoms with Gasteiger partial charge in [-0.1, -0.05) is 19.3 Å². The van der Waals surface area contributed by atoms with Crippen molar-refractivity contribution >= 4 is 17.3 Å². The van der Waals surface area contributed by atoms with Crippen LogP contribution in [-0.2, 0) is 0 Å². The molecule has 23 heavy (non-hydrogen) atoms. The van der Waals surface area contributed by atoms with Crippen LogP contribution in [0.5, 0.6) is 0 Å². The average Bonchev–Trinajstić information content (AvgIpc) is 2.56. The van der Waals surface area contributed by atoms with Gasteiger partial charge >= 0.3 is 0 Å². The molecule has 2 N–H and O–H groups in total. The largest absolute Gasteiger partial charge is 0.367 e. The third-order valence-electron chi connectivity index (χ3n) is 4.08. The predicted octanol–water partition coefficient (Wildman–Crippen LogP) is 4.14. The summed E-state index contributed by atoms with van der Waals surface area (Å²) in [6.45, 7) is 1.90. The van der Waals surface area contributed by atoms with Gasteiger partial charge in [-0.25, -0.2) is 9.97 Å². The van der Waals surface area contributed by atoms with Gasteiger partial charge in [0.1, 0.15) is 17.5 Å². The molecule has 0 unspecified atom stereocenters. The van der Waals surface area contributed by atoms with E-state index in [0.717, 1.165) is 23.1 Å². The smallest absolute Gasteiger partial charge is 0.136 e. The Morgan fingerprint density at radius 2 is 1.74 bits per heavy atom. The maximum atomic E-state index is 8.85. The van der Waals surface area contributed by atoms with Crippen LogP contribution >= 0.6 is 0 Å². The normalized spacial score (nSPS) is 15.0. The van der Waals surface area contributed by atoms with Crippen LogP contribution in [0.2, 0.25) is 0 Å². The third-order valence-corrected chi connectivity index (χ3v) is 4.08. The molecule has 1 fully saturated rings. The van der Waals surface area contributed by atoms with Gasteiger partial charge < -0.3 is 10.6 Å². The number of hydrogen-bond donors (Lipinski definition) is 2. The third kappa shape index (κ3) is 4.19. The van der Waals surface area contributed by atoms with E-state index in [1.54, 1.807) is 12.1 Å². The van der Waals surface area contributed by atoms with E-state index in [4.69, 9.17) is 5.26 Å². The van der Waals surface area contributed by atoms with E-state index in [-0.39, 0.29) is 0 Å². The Labute approximate surface area is 136 Å². The highest BCUT2D eigenvalue weighted by Crippen LogP contribution is 2.23. The molecule has 0 bridgehead atoms. The standard InChI is InChI=1S/C18H21N5/c1-13-20-17(22-15-5-3-2-4-6-15)11-18(21-13)23-16-9-7-14(12-19)8-10-16/h7-11,15H,2-6H2,1H3,(H2,20,21,22,23). The van der Waals surface area contributed by atoms with Crippen molar-refractivity contribution in [3.05, 3.63) is 41.7 Å². The van der Waals surface area contributed by atoms with E-state index in [1.807, 2.05) is 25.1 Å². The first-order valence-electron chi connectivity index (χ1n) is 8.12. The fraction of sp³-hybridized carbons (Fsp3) is 0.389. The summed E-state index contributed by atoms with van der Waals surface area (Å²) < 4.78 is 0. The molecule has 3 rings (SSSR count). The molecule has 0 saturated heterocycles. The number of nitrogens with one attached hydrogen (secondary N) is 2. The lowest BCUT2D eigenvalue weighted by Gasteiger charge is -2.23. The van der Waals surface area contributed by atoms with Gasteiger partial charge in [0.25, 0.3) is 0 Å². The summed E-state index contributed by atoms with van der Waals surface area (Å²) in [5.41, 5.74) is 1.56. The molecule has 1 aliphatic carbocycles. The fourth-order valence-electron chi connectivity index (χ4n) is 2.94. The summed E-state index contributed by atoms with van der Waals surface area (Å²) in [4.78, 5) is 8.93. The molecule has 5 nitrogen and oxygen atoms in total. The van der Waals surface area contributed by atoms with Crippen molar-refractivity contribution in [2.45, 2.75) is 45.1 Å². The Balaban J connectivity index is 1.72. The number of nitriles is 1. The maximum absolute atomic E-state index is 8.85. The summed E-state index contributed by atoms with van der Waals surface area (Å²) in [5.74, 6) is 2.38. The quantitative estimate of drug-likeness (QED) is 0.888. The second-order valence-corrected chi connectivity index (χ2v) is 5.98. The number of benzene rings is 1. The van der Waals surface area contributed by atoms with Gasteiger partial charge in [-0.05, 0) is 44.0 Å². The lowest BCUT2D eigenvalue weighted by atomic mass is 9.95. The average molecular weight is 307 g/mol. The summed E-state index contributed by atoms with van der Waals surface area (Å²) in [6.07, 6.45) is 6.34. The number of hydrogen-bond acceptors (Lipinski definition) is 5. The van der Waals surface area contributed by atoms with Crippen molar-refractivity contribution in [2.75, 3.05) is 10.6 Å². The second kappa shape index (κ2) is 7.10. The van der Waals surface area contributed by atoms with Gasteiger partial charge in [0, 0.05) is 17.8 Å². The molecule has 1 aliphatic rings. The van der Waals surface area contributed by atoms with Crippen LogP contribution in [0, 0.1) is 18.3 Å². The van der Waals surface area contributed by atoms with Crippen molar-refractivity contribution in [3.63, 3.8) is 0 Å².